The van der Waals surface area contributed by atoms with E-state index in [4.69, 9.17) is 28.3 Å². The molecule has 77 valence electrons. The summed E-state index contributed by atoms with van der Waals surface area (Å²) in [5.74, 6) is 0. The molecule has 0 radical (unpaired) electrons. The molecule has 2 bridgehead atoms. The molecule has 3 aliphatic rings. The van der Waals surface area contributed by atoms with E-state index in [9.17, 15) is 0 Å². The second-order valence-electron chi connectivity index (χ2n) is 2.82. The zero-order chi connectivity index (χ0) is 8.97. The number of hydrogen-bond donors (Lipinski definition) is 0. The summed E-state index contributed by atoms with van der Waals surface area (Å²) in [7, 11) is 14.9. The molecule has 3 aliphatic heterocycles. The van der Waals surface area contributed by atoms with Gasteiger partial charge in [-0.2, -0.15) is 0 Å². The molecule has 0 aliphatic carbocycles. The third-order valence-electron chi connectivity index (χ3n) is 2.20. The van der Waals surface area contributed by atoms with Gasteiger partial charge in [0.2, 0.25) is 0 Å². The fourth-order valence-electron chi connectivity index (χ4n) is 1.52. The Labute approximate surface area is 91.1 Å². The first kappa shape index (κ1) is 11.6. The topological polar surface area (TPSA) is 6.48 Å². The van der Waals surface area contributed by atoms with E-state index in [2.05, 4.69) is 9.80 Å². The quantitative estimate of drug-likeness (QED) is 0.596. The Morgan fingerprint density at radius 3 is 0.917 bits per heavy atom. The molecule has 6 heteroatoms. The van der Waals surface area contributed by atoms with Crippen LogP contribution in [0.25, 0.3) is 0 Å². The molecule has 3 rings (SSSR count). The second-order valence-corrected chi connectivity index (χ2v) is 12.7. The van der Waals surface area contributed by atoms with Gasteiger partial charge in [-0.3, -0.25) is 9.80 Å². The average molecular weight is 414 g/mol. The minimum atomic E-state index is -1.85. The Hall–Kier alpha value is 1.48. The molecule has 3 fully saturated rings. The summed E-state index contributed by atoms with van der Waals surface area (Å²) in [6.45, 7) is 7.92. The molecule has 0 unspecified atom stereocenters. The van der Waals surface area contributed by atoms with E-state index in [1.807, 2.05) is 0 Å². The maximum absolute atomic E-state index is 4.96. The third-order valence-corrected chi connectivity index (χ3v) is 2.20. The van der Waals surface area contributed by atoms with Crippen molar-refractivity contribution in [2.45, 2.75) is 0 Å². The van der Waals surface area contributed by atoms with Crippen molar-refractivity contribution < 1.29 is 14.2 Å². The molecule has 3 saturated heterocycles. The molecule has 0 aromatic heterocycles. The zero-order valence-electron chi connectivity index (χ0n) is 6.59. The first-order valence-electron chi connectivity index (χ1n) is 3.76. The van der Waals surface area contributed by atoms with Crippen LogP contribution in [0.2, 0.25) is 0 Å². The van der Waals surface area contributed by atoms with Crippen LogP contribution >= 0.6 is 28.3 Å². The van der Waals surface area contributed by atoms with Gasteiger partial charge in [0.15, 0.2) is 0 Å². The summed E-state index contributed by atoms with van der Waals surface area (Å²) in [4.78, 5) is 5.08. The van der Waals surface area contributed by atoms with Gasteiger partial charge < -0.3 is 0 Å². The van der Waals surface area contributed by atoms with Crippen molar-refractivity contribution in [2.24, 2.45) is 0 Å². The van der Waals surface area contributed by atoms with Gasteiger partial charge in [-0.25, -0.2) is 0 Å². The summed E-state index contributed by atoms with van der Waals surface area (Å²) in [6, 6.07) is 0. The van der Waals surface area contributed by atoms with Crippen LogP contribution < -0.4 is 0 Å². The number of nitrogens with zero attached hydrogens (tertiary/aromatic N) is 2. The predicted molar refractivity (Wildman–Crippen MR) is 50.4 cm³/mol. The van der Waals surface area contributed by atoms with Crippen molar-refractivity contribution in [1.29, 1.82) is 0 Å². The van der Waals surface area contributed by atoms with Crippen molar-refractivity contribution >= 4 is 28.3 Å². The van der Waals surface area contributed by atoms with Gasteiger partial charge in [-0.1, -0.05) is 0 Å². The van der Waals surface area contributed by atoms with E-state index >= 15 is 0 Å². The van der Waals surface area contributed by atoms with Gasteiger partial charge in [-0.15, -0.1) is 0 Å². The van der Waals surface area contributed by atoms with Crippen molar-refractivity contribution in [3.63, 3.8) is 0 Å². The Morgan fingerprint density at radius 1 is 0.667 bits per heavy atom. The van der Waals surface area contributed by atoms with E-state index in [1.165, 1.54) is 39.3 Å². The van der Waals surface area contributed by atoms with Crippen molar-refractivity contribution in [1.82, 2.24) is 9.80 Å². The minimum absolute atomic E-state index is 1.32. The van der Waals surface area contributed by atoms with Crippen LogP contribution in [0.3, 0.4) is 0 Å². The van der Waals surface area contributed by atoms with Crippen LogP contribution in [-0.2, 0) is 14.2 Å². The van der Waals surface area contributed by atoms with E-state index in [0.29, 0.717) is 0 Å². The van der Waals surface area contributed by atoms with Gasteiger partial charge >= 0.3 is 42.4 Å². The molecular weight excluding hydrogens is 402 g/mol. The van der Waals surface area contributed by atoms with Crippen LogP contribution in [-0.4, -0.2) is 49.1 Å². The first-order chi connectivity index (χ1) is 5.68. The molecule has 0 saturated carbocycles. The molecule has 0 N–H and O–H groups in total. The summed E-state index contributed by atoms with van der Waals surface area (Å²) in [6.07, 6.45) is 0. The standard InChI is InChI=1S/C6H12N2.3ClH.Pt/c1-2-8-5-3-7(1)4-6-8;;;;/h1-6H2;3*1H;/q;;;;+3/p-3. The molecule has 3 heterocycles. The van der Waals surface area contributed by atoms with Gasteiger partial charge in [0.1, 0.15) is 0 Å². The number of fused-ring (bicyclic) bond motifs is 3. The average Bonchev–Trinajstić information content (AvgIpc) is 2.07. The molecule has 2 nitrogen and oxygen atoms in total. The number of halogens is 3. The van der Waals surface area contributed by atoms with Crippen LogP contribution in [0.1, 0.15) is 0 Å². The Morgan fingerprint density at radius 2 is 0.833 bits per heavy atom. The van der Waals surface area contributed by atoms with Crippen LogP contribution in [0.15, 0.2) is 0 Å². The maximum atomic E-state index is 4.96. The zero-order valence-corrected chi connectivity index (χ0v) is 11.1. The van der Waals surface area contributed by atoms with E-state index in [0.717, 1.165) is 0 Å². The predicted octanol–water partition coefficient (Wildman–Crippen LogP) is 1.68. The van der Waals surface area contributed by atoms with Crippen LogP contribution in [0, 0.1) is 0 Å². The first-order valence-corrected chi connectivity index (χ1v) is 12.2. The molecule has 0 aromatic carbocycles. The fourth-order valence-corrected chi connectivity index (χ4v) is 1.52. The SMILES string of the molecule is C1CN2CCN1CC2.[Cl][Pt]([Cl])[Cl]. The number of rotatable bonds is 0. The molecule has 12 heavy (non-hydrogen) atoms. The molecule has 0 amide bonds. The van der Waals surface area contributed by atoms with Gasteiger partial charge in [-0.05, 0) is 0 Å². The van der Waals surface area contributed by atoms with E-state index in [1.54, 1.807) is 0 Å². The molecule has 0 spiro atoms. The summed E-state index contributed by atoms with van der Waals surface area (Å²) in [5.41, 5.74) is 0. The Kier molecular flexibility index (Phi) is 5.83. The monoisotopic (exact) mass is 412 g/mol. The van der Waals surface area contributed by atoms with Crippen LogP contribution in [0.4, 0.5) is 0 Å². The summed E-state index contributed by atoms with van der Waals surface area (Å²) in [5, 5.41) is 0. The van der Waals surface area contributed by atoms with Crippen molar-refractivity contribution in [2.75, 3.05) is 39.3 Å². The van der Waals surface area contributed by atoms with Crippen molar-refractivity contribution in [3.05, 3.63) is 0 Å². The van der Waals surface area contributed by atoms with Gasteiger partial charge in [0, 0.05) is 39.3 Å². The van der Waals surface area contributed by atoms with Crippen molar-refractivity contribution in [3.8, 4) is 0 Å². The Bertz CT molecular complexity index is 102. The number of piperazine rings is 3. The van der Waals surface area contributed by atoms with Gasteiger partial charge in [0.25, 0.3) is 0 Å². The van der Waals surface area contributed by atoms with Crippen LogP contribution in [0.5, 0.6) is 0 Å². The molecule has 0 atom stereocenters. The van der Waals surface area contributed by atoms with E-state index < -0.39 is 14.2 Å². The normalized spacial score (nSPS) is 33.8. The van der Waals surface area contributed by atoms with E-state index in [-0.39, 0.29) is 0 Å². The molecule has 0 aromatic rings. The molecular formula is C6H12Cl3N2Pt. The Balaban J connectivity index is 0.000000157. The fraction of sp³-hybridized carbons (Fsp3) is 1.00. The summed E-state index contributed by atoms with van der Waals surface area (Å²) >= 11 is -1.85. The summed E-state index contributed by atoms with van der Waals surface area (Å²) < 4.78 is 0. The third kappa shape index (κ3) is 4.64. The van der Waals surface area contributed by atoms with Gasteiger partial charge in [0.05, 0.1) is 0 Å². The number of hydrogen-bond acceptors (Lipinski definition) is 2. The second kappa shape index (κ2) is 6.05.